The van der Waals surface area contributed by atoms with Gasteiger partial charge in [0, 0.05) is 23.9 Å². The maximum absolute atomic E-state index is 5.97. The molecule has 0 radical (unpaired) electrons. The van der Waals surface area contributed by atoms with E-state index in [2.05, 4.69) is 29.8 Å². The van der Waals surface area contributed by atoms with E-state index in [0.717, 1.165) is 60.2 Å². The average Bonchev–Trinajstić information content (AvgIpc) is 2.82. The first kappa shape index (κ1) is 17.4. The van der Waals surface area contributed by atoms with Crippen LogP contribution in [0.5, 0.6) is 11.5 Å². The normalized spacial score (nSPS) is 14.6. The Balaban J connectivity index is 2.01. The Bertz CT molecular complexity index is 754. The molecule has 0 saturated heterocycles. The first-order valence-corrected chi connectivity index (χ1v) is 8.79. The third kappa shape index (κ3) is 3.82. The Hall–Kier alpha value is -2.40. The fraction of sp³-hybridized carbons (Fsp3) is 0.400. The van der Waals surface area contributed by atoms with Crippen molar-refractivity contribution in [1.82, 2.24) is 9.88 Å². The predicted octanol–water partition coefficient (Wildman–Crippen LogP) is 3.16. The zero-order chi connectivity index (χ0) is 17.6. The SMILES string of the molecule is CCN(CC)CCN=C1c2cc(OC)ccc2OCc2ncccc21. The summed E-state index contributed by atoms with van der Waals surface area (Å²) in [7, 11) is 1.67. The summed E-state index contributed by atoms with van der Waals surface area (Å²) < 4.78 is 11.4. The van der Waals surface area contributed by atoms with Crippen molar-refractivity contribution in [3.05, 3.63) is 53.3 Å². The molecule has 3 rings (SSSR count). The predicted molar refractivity (Wildman–Crippen MR) is 99.9 cm³/mol. The number of aromatic nitrogens is 1. The number of aliphatic imine (C=N–C) groups is 1. The van der Waals surface area contributed by atoms with Crippen LogP contribution in [0.4, 0.5) is 0 Å². The van der Waals surface area contributed by atoms with Crippen LogP contribution in [-0.2, 0) is 6.61 Å². The van der Waals surface area contributed by atoms with Gasteiger partial charge in [-0.05, 0) is 43.4 Å². The highest BCUT2D eigenvalue weighted by molar-refractivity contribution is 6.15. The number of rotatable bonds is 6. The topological polar surface area (TPSA) is 47.0 Å². The summed E-state index contributed by atoms with van der Waals surface area (Å²) in [5.41, 5.74) is 3.85. The van der Waals surface area contributed by atoms with Crippen LogP contribution < -0.4 is 9.47 Å². The first-order valence-electron chi connectivity index (χ1n) is 8.79. The van der Waals surface area contributed by atoms with E-state index in [1.807, 2.05) is 24.3 Å². The Morgan fingerprint density at radius 3 is 2.80 bits per heavy atom. The number of likely N-dealkylation sites (N-methyl/N-ethyl adjacent to an activating group) is 1. The molecule has 2 heterocycles. The first-order chi connectivity index (χ1) is 12.3. The minimum atomic E-state index is 0.449. The Kier molecular flexibility index (Phi) is 5.66. The quantitative estimate of drug-likeness (QED) is 0.811. The van der Waals surface area contributed by atoms with Crippen molar-refractivity contribution in [3.63, 3.8) is 0 Å². The van der Waals surface area contributed by atoms with Crippen molar-refractivity contribution < 1.29 is 9.47 Å². The number of hydrogen-bond donors (Lipinski definition) is 0. The van der Waals surface area contributed by atoms with Crippen LogP contribution in [0.2, 0.25) is 0 Å². The highest BCUT2D eigenvalue weighted by Gasteiger charge is 2.21. The van der Waals surface area contributed by atoms with E-state index in [0.29, 0.717) is 6.61 Å². The summed E-state index contributed by atoms with van der Waals surface area (Å²) in [5, 5.41) is 0. The molecule has 0 bridgehead atoms. The van der Waals surface area contributed by atoms with Crippen LogP contribution in [0.25, 0.3) is 0 Å². The second-order valence-corrected chi connectivity index (χ2v) is 5.91. The van der Waals surface area contributed by atoms with Gasteiger partial charge in [-0.3, -0.25) is 9.98 Å². The van der Waals surface area contributed by atoms with Gasteiger partial charge < -0.3 is 14.4 Å². The molecule has 1 aromatic heterocycles. The summed E-state index contributed by atoms with van der Waals surface area (Å²) in [5.74, 6) is 1.62. The molecule has 0 amide bonds. The lowest BCUT2D eigenvalue weighted by atomic mass is 10.0. The second kappa shape index (κ2) is 8.12. The fourth-order valence-corrected chi connectivity index (χ4v) is 3.02. The second-order valence-electron chi connectivity index (χ2n) is 5.91. The van der Waals surface area contributed by atoms with Gasteiger partial charge in [0.05, 0.1) is 25.1 Å². The van der Waals surface area contributed by atoms with E-state index >= 15 is 0 Å². The maximum atomic E-state index is 5.97. The molecule has 0 saturated carbocycles. The summed E-state index contributed by atoms with van der Waals surface area (Å²) >= 11 is 0. The smallest absolute Gasteiger partial charge is 0.131 e. The van der Waals surface area contributed by atoms with Crippen LogP contribution in [-0.4, -0.2) is 48.9 Å². The third-order valence-corrected chi connectivity index (χ3v) is 4.53. The summed E-state index contributed by atoms with van der Waals surface area (Å²) in [6.07, 6.45) is 1.80. The van der Waals surface area contributed by atoms with Crippen molar-refractivity contribution in [3.8, 4) is 11.5 Å². The zero-order valence-corrected chi connectivity index (χ0v) is 15.2. The van der Waals surface area contributed by atoms with Crippen molar-refractivity contribution in [2.45, 2.75) is 20.5 Å². The minimum absolute atomic E-state index is 0.449. The van der Waals surface area contributed by atoms with E-state index < -0.39 is 0 Å². The molecule has 1 aromatic carbocycles. The van der Waals surface area contributed by atoms with Crippen molar-refractivity contribution >= 4 is 5.71 Å². The van der Waals surface area contributed by atoms with Gasteiger partial charge in [0.25, 0.3) is 0 Å². The highest BCUT2D eigenvalue weighted by Crippen LogP contribution is 2.31. The lowest BCUT2D eigenvalue weighted by Crippen LogP contribution is -2.26. The Morgan fingerprint density at radius 2 is 2.04 bits per heavy atom. The lowest BCUT2D eigenvalue weighted by molar-refractivity contribution is 0.302. The van der Waals surface area contributed by atoms with Crippen molar-refractivity contribution in [1.29, 1.82) is 0 Å². The molecule has 0 spiro atoms. The molecular weight excluding hydrogens is 314 g/mol. The number of ether oxygens (including phenoxy) is 2. The zero-order valence-electron chi connectivity index (χ0n) is 15.2. The van der Waals surface area contributed by atoms with Gasteiger partial charge in [-0.1, -0.05) is 13.8 Å². The molecule has 1 aliphatic rings. The Morgan fingerprint density at radius 1 is 1.20 bits per heavy atom. The average molecular weight is 339 g/mol. The molecular formula is C20H25N3O2. The maximum Gasteiger partial charge on any atom is 0.131 e. The number of pyridine rings is 1. The molecule has 5 heteroatoms. The molecule has 25 heavy (non-hydrogen) atoms. The Labute approximate surface area is 149 Å². The van der Waals surface area contributed by atoms with E-state index in [-0.39, 0.29) is 0 Å². The van der Waals surface area contributed by atoms with Gasteiger partial charge in [0.15, 0.2) is 0 Å². The fourth-order valence-electron chi connectivity index (χ4n) is 3.02. The van der Waals surface area contributed by atoms with Crippen LogP contribution in [0.15, 0.2) is 41.5 Å². The highest BCUT2D eigenvalue weighted by atomic mass is 16.5. The molecule has 0 atom stereocenters. The molecule has 0 unspecified atom stereocenters. The minimum Gasteiger partial charge on any atom is -0.497 e. The summed E-state index contributed by atoms with van der Waals surface area (Å²) in [6, 6.07) is 9.86. The van der Waals surface area contributed by atoms with Crippen LogP contribution in [0.3, 0.4) is 0 Å². The largest absolute Gasteiger partial charge is 0.497 e. The summed E-state index contributed by atoms with van der Waals surface area (Å²) in [6.45, 7) is 8.55. The molecule has 132 valence electrons. The van der Waals surface area contributed by atoms with Crippen molar-refractivity contribution in [2.24, 2.45) is 4.99 Å². The number of methoxy groups -OCH3 is 1. The lowest BCUT2D eigenvalue weighted by Gasteiger charge is -2.17. The van der Waals surface area contributed by atoms with Gasteiger partial charge in [-0.2, -0.15) is 0 Å². The number of fused-ring (bicyclic) bond motifs is 2. The molecule has 2 aromatic rings. The van der Waals surface area contributed by atoms with Gasteiger partial charge in [-0.15, -0.1) is 0 Å². The molecule has 1 aliphatic heterocycles. The van der Waals surface area contributed by atoms with E-state index in [4.69, 9.17) is 14.5 Å². The molecule has 0 fully saturated rings. The van der Waals surface area contributed by atoms with E-state index in [1.54, 1.807) is 13.3 Å². The summed E-state index contributed by atoms with van der Waals surface area (Å²) in [4.78, 5) is 11.8. The van der Waals surface area contributed by atoms with Crippen molar-refractivity contribution in [2.75, 3.05) is 33.3 Å². The number of nitrogens with zero attached hydrogens (tertiary/aromatic N) is 3. The monoisotopic (exact) mass is 339 g/mol. The number of hydrogen-bond acceptors (Lipinski definition) is 5. The molecule has 5 nitrogen and oxygen atoms in total. The van der Waals surface area contributed by atoms with E-state index in [1.165, 1.54) is 0 Å². The van der Waals surface area contributed by atoms with Gasteiger partial charge in [-0.25, -0.2) is 0 Å². The molecule has 0 aliphatic carbocycles. The molecule has 0 N–H and O–H groups in total. The van der Waals surface area contributed by atoms with Gasteiger partial charge in [0.2, 0.25) is 0 Å². The van der Waals surface area contributed by atoms with E-state index in [9.17, 15) is 0 Å². The van der Waals surface area contributed by atoms with Crippen LogP contribution in [0.1, 0.15) is 30.7 Å². The van der Waals surface area contributed by atoms with Gasteiger partial charge in [0.1, 0.15) is 18.1 Å². The number of benzene rings is 1. The standard InChI is InChI=1S/C20H25N3O2/c1-4-23(5-2)12-11-22-20-16-7-6-10-21-18(16)14-25-19-9-8-15(24-3)13-17(19)20/h6-10,13H,4-5,11-12,14H2,1-3H3. The third-order valence-electron chi connectivity index (χ3n) is 4.53. The van der Waals surface area contributed by atoms with Gasteiger partial charge >= 0.3 is 0 Å². The van der Waals surface area contributed by atoms with Crippen LogP contribution in [0, 0.1) is 0 Å². The van der Waals surface area contributed by atoms with Crippen LogP contribution >= 0.6 is 0 Å².